The second kappa shape index (κ2) is 7.09. The van der Waals surface area contributed by atoms with E-state index in [0.29, 0.717) is 5.56 Å². The molecule has 2 aromatic rings. The van der Waals surface area contributed by atoms with Gasteiger partial charge >= 0.3 is 0 Å². The maximum atomic E-state index is 12.1. The first kappa shape index (κ1) is 15.3. The fraction of sp³-hybridized carbons (Fsp3) is 0.263. The van der Waals surface area contributed by atoms with Crippen molar-refractivity contribution in [3.8, 4) is 5.75 Å². The third kappa shape index (κ3) is 3.97. The van der Waals surface area contributed by atoms with Gasteiger partial charge in [-0.2, -0.15) is 0 Å². The zero-order chi connectivity index (χ0) is 16.1. The number of rotatable bonds is 5. The SMILES string of the molecule is O=C(C=Cc1ccccc1OC1CCCC1)c1cc[nH]c(=O)c1. The number of para-hydroxylation sites is 1. The molecule has 1 aromatic heterocycles. The van der Waals surface area contributed by atoms with Crippen molar-refractivity contribution in [2.24, 2.45) is 0 Å². The van der Waals surface area contributed by atoms with Crippen LogP contribution in [0.5, 0.6) is 5.75 Å². The van der Waals surface area contributed by atoms with Gasteiger partial charge in [-0.05, 0) is 50.0 Å². The highest BCUT2D eigenvalue weighted by molar-refractivity contribution is 6.06. The van der Waals surface area contributed by atoms with E-state index >= 15 is 0 Å². The third-order valence-electron chi connectivity index (χ3n) is 3.99. The Morgan fingerprint density at radius 2 is 1.96 bits per heavy atom. The highest BCUT2D eigenvalue weighted by atomic mass is 16.5. The van der Waals surface area contributed by atoms with Crippen molar-refractivity contribution in [3.63, 3.8) is 0 Å². The number of nitrogens with one attached hydrogen (secondary N) is 1. The molecule has 1 N–H and O–H groups in total. The maximum Gasteiger partial charge on any atom is 0.248 e. The summed E-state index contributed by atoms with van der Waals surface area (Å²) in [7, 11) is 0. The second-order valence-electron chi connectivity index (χ2n) is 5.70. The Balaban J connectivity index is 1.76. The van der Waals surface area contributed by atoms with E-state index in [1.807, 2.05) is 24.3 Å². The van der Waals surface area contributed by atoms with E-state index in [4.69, 9.17) is 4.74 Å². The minimum atomic E-state index is -0.283. The molecule has 0 radical (unpaired) electrons. The van der Waals surface area contributed by atoms with Crippen LogP contribution in [-0.4, -0.2) is 16.9 Å². The van der Waals surface area contributed by atoms with Crippen molar-refractivity contribution >= 4 is 11.9 Å². The summed E-state index contributed by atoms with van der Waals surface area (Å²) in [4.78, 5) is 25.9. The number of H-pyrrole nitrogens is 1. The molecule has 1 saturated carbocycles. The lowest BCUT2D eigenvalue weighted by Gasteiger charge is -2.14. The molecule has 3 rings (SSSR count). The topological polar surface area (TPSA) is 59.2 Å². The first-order valence-electron chi connectivity index (χ1n) is 7.89. The van der Waals surface area contributed by atoms with Gasteiger partial charge in [-0.1, -0.05) is 18.2 Å². The summed E-state index contributed by atoms with van der Waals surface area (Å²) in [6, 6.07) is 10.6. The predicted molar refractivity (Wildman–Crippen MR) is 89.8 cm³/mol. The van der Waals surface area contributed by atoms with Gasteiger partial charge in [0, 0.05) is 23.4 Å². The highest BCUT2D eigenvalue weighted by Crippen LogP contribution is 2.27. The Bertz CT molecular complexity index is 770. The van der Waals surface area contributed by atoms with Crippen LogP contribution >= 0.6 is 0 Å². The van der Waals surface area contributed by atoms with Crippen molar-refractivity contribution in [3.05, 3.63) is 70.2 Å². The number of aromatic amines is 1. The molecule has 0 bridgehead atoms. The number of pyridine rings is 1. The molecule has 0 saturated heterocycles. The molecular formula is C19H19NO3. The number of hydrogen-bond acceptors (Lipinski definition) is 3. The number of aromatic nitrogens is 1. The average Bonchev–Trinajstić information content (AvgIpc) is 3.07. The monoisotopic (exact) mass is 309 g/mol. The lowest BCUT2D eigenvalue weighted by atomic mass is 10.1. The number of ketones is 1. The minimum Gasteiger partial charge on any atom is -0.490 e. The normalized spacial score (nSPS) is 15.1. The molecule has 1 aromatic carbocycles. The first-order chi connectivity index (χ1) is 11.2. The minimum absolute atomic E-state index is 0.202. The van der Waals surface area contributed by atoms with Crippen LogP contribution in [0.4, 0.5) is 0 Å². The molecule has 4 nitrogen and oxygen atoms in total. The molecule has 0 aliphatic heterocycles. The summed E-state index contributed by atoms with van der Waals surface area (Å²) in [5.74, 6) is 0.598. The van der Waals surface area contributed by atoms with Crippen LogP contribution in [0.1, 0.15) is 41.6 Å². The summed E-state index contributed by atoms with van der Waals surface area (Å²) in [6.07, 6.45) is 9.56. The second-order valence-corrected chi connectivity index (χ2v) is 5.70. The number of carbonyl (C=O) groups is 1. The number of ether oxygens (including phenoxy) is 1. The molecule has 1 aliphatic rings. The summed E-state index contributed by atoms with van der Waals surface area (Å²) in [6.45, 7) is 0. The molecule has 0 spiro atoms. The van der Waals surface area contributed by atoms with Gasteiger partial charge in [-0.15, -0.1) is 0 Å². The summed E-state index contributed by atoms with van der Waals surface area (Å²) in [5, 5.41) is 0. The van der Waals surface area contributed by atoms with Gasteiger partial charge in [-0.25, -0.2) is 0 Å². The molecule has 1 fully saturated rings. The zero-order valence-electron chi connectivity index (χ0n) is 12.8. The molecule has 1 aliphatic carbocycles. The van der Waals surface area contributed by atoms with Crippen LogP contribution in [0.15, 0.2) is 53.5 Å². The lowest BCUT2D eigenvalue weighted by molar-refractivity contribution is 0.104. The van der Waals surface area contributed by atoms with E-state index in [-0.39, 0.29) is 17.4 Å². The molecule has 118 valence electrons. The zero-order valence-corrected chi connectivity index (χ0v) is 12.8. The fourth-order valence-corrected chi connectivity index (χ4v) is 2.77. The molecule has 1 heterocycles. The Morgan fingerprint density at radius 1 is 1.17 bits per heavy atom. The molecule has 23 heavy (non-hydrogen) atoms. The third-order valence-corrected chi connectivity index (χ3v) is 3.99. The number of allylic oxidation sites excluding steroid dienone is 1. The first-order valence-corrected chi connectivity index (χ1v) is 7.89. The van der Waals surface area contributed by atoms with E-state index in [1.165, 1.54) is 31.2 Å². The molecular weight excluding hydrogens is 290 g/mol. The van der Waals surface area contributed by atoms with Gasteiger partial charge in [-0.3, -0.25) is 9.59 Å². The van der Waals surface area contributed by atoms with E-state index in [9.17, 15) is 9.59 Å². The van der Waals surface area contributed by atoms with Gasteiger partial charge in [0.2, 0.25) is 5.56 Å². The summed E-state index contributed by atoms with van der Waals surface area (Å²) < 4.78 is 6.05. The van der Waals surface area contributed by atoms with Gasteiger partial charge in [0.1, 0.15) is 5.75 Å². The van der Waals surface area contributed by atoms with Crippen LogP contribution in [0, 0.1) is 0 Å². The average molecular weight is 309 g/mol. The van der Waals surface area contributed by atoms with Crippen molar-refractivity contribution in [1.82, 2.24) is 4.98 Å². The highest BCUT2D eigenvalue weighted by Gasteiger charge is 2.17. The lowest BCUT2D eigenvalue weighted by Crippen LogP contribution is -2.11. The van der Waals surface area contributed by atoms with Crippen LogP contribution in [-0.2, 0) is 0 Å². The molecule has 0 unspecified atom stereocenters. The molecule has 0 atom stereocenters. The number of carbonyl (C=O) groups excluding carboxylic acids is 1. The van der Waals surface area contributed by atoms with Crippen LogP contribution < -0.4 is 10.3 Å². The number of benzene rings is 1. The van der Waals surface area contributed by atoms with E-state index in [0.717, 1.165) is 24.2 Å². The summed E-state index contributed by atoms with van der Waals surface area (Å²) in [5.41, 5.74) is 0.964. The van der Waals surface area contributed by atoms with E-state index in [2.05, 4.69) is 4.98 Å². The van der Waals surface area contributed by atoms with Gasteiger partial charge < -0.3 is 9.72 Å². The van der Waals surface area contributed by atoms with E-state index in [1.54, 1.807) is 12.1 Å². The fourth-order valence-electron chi connectivity index (χ4n) is 2.77. The largest absolute Gasteiger partial charge is 0.490 e. The Morgan fingerprint density at radius 3 is 2.74 bits per heavy atom. The van der Waals surface area contributed by atoms with Crippen molar-refractivity contribution in [1.29, 1.82) is 0 Å². The van der Waals surface area contributed by atoms with Gasteiger partial charge in [0.25, 0.3) is 0 Å². The quantitative estimate of drug-likeness (QED) is 0.678. The Kier molecular flexibility index (Phi) is 4.71. The van der Waals surface area contributed by atoms with Gasteiger partial charge in [0.05, 0.1) is 6.10 Å². The smallest absolute Gasteiger partial charge is 0.248 e. The standard InChI is InChI=1S/C19H19NO3/c21-17(15-11-12-20-19(22)13-15)10-9-14-5-1-4-8-18(14)23-16-6-2-3-7-16/h1,4-5,8-13,16H,2-3,6-7H2,(H,20,22). The van der Waals surface area contributed by atoms with Crippen molar-refractivity contribution in [2.45, 2.75) is 31.8 Å². The van der Waals surface area contributed by atoms with Crippen LogP contribution in [0.3, 0.4) is 0 Å². The maximum absolute atomic E-state index is 12.1. The van der Waals surface area contributed by atoms with Crippen LogP contribution in [0.25, 0.3) is 6.08 Å². The van der Waals surface area contributed by atoms with Gasteiger partial charge in [0.15, 0.2) is 5.78 Å². The summed E-state index contributed by atoms with van der Waals surface area (Å²) >= 11 is 0. The Hall–Kier alpha value is -2.62. The molecule has 4 heteroatoms. The Labute approximate surface area is 134 Å². The van der Waals surface area contributed by atoms with Crippen molar-refractivity contribution in [2.75, 3.05) is 0 Å². The number of hydrogen-bond donors (Lipinski definition) is 1. The predicted octanol–water partition coefficient (Wildman–Crippen LogP) is 3.59. The van der Waals surface area contributed by atoms with Crippen molar-refractivity contribution < 1.29 is 9.53 Å². The van der Waals surface area contributed by atoms with E-state index < -0.39 is 0 Å². The molecule has 0 amide bonds. The van der Waals surface area contributed by atoms with Crippen LogP contribution in [0.2, 0.25) is 0 Å².